The molecule has 7 nitrogen and oxygen atoms in total. The first-order chi connectivity index (χ1) is 13.1. The summed E-state index contributed by atoms with van der Waals surface area (Å²) in [6.45, 7) is 2.34. The fourth-order valence-corrected chi connectivity index (χ4v) is 2.53. The summed E-state index contributed by atoms with van der Waals surface area (Å²) in [5, 5.41) is 0.930. The molecule has 0 aliphatic carbocycles. The molecule has 0 radical (unpaired) electrons. The predicted molar refractivity (Wildman–Crippen MR) is 101 cm³/mol. The minimum absolute atomic E-state index is 0.207. The lowest BCUT2D eigenvalue weighted by Gasteiger charge is -2.11. The third-order valence-corrected chi connectivity index (χ3v) is 3.85. The summed E-state index contributed by atoms with van der Waals surface area (Å²) in [5.41, 5.74) is 5.97. The zero-order valence-corrected chi connectivity index (χ0v) is 15.0. The number of rotatable bonds is 5. The molecule has 0 unspecified atom stereocenters. The minimum Gasteiger partial charge on any atom is -0.493 e. The Morgan fingerprint density at radius 3 is 2.52 bits per heavy atom. The van der Waals surface area contributed by atoms with Crippen LogP contribution < -0.4 is 20.3 Å². The Morgan fingerprint density at radius 2 is 1.74 bits per heavy atom. The molecule has 1 heterocycles. The number of pyridine rings is 1. The first kappa shape index (κ1) is 18.2. The molecule has 0 spiro atoms. The summed E-state index contributed by atoms with van der Waals surface area (Å²) >= 11 is 0. The molecule has 3 aromatic rings. The summed E-state index contributed by atoms with van der Waals surface area (Å²) < 4.78 is 10.6. The highest BCUT2D eigenvalue weighted by Gasteiger charge is 2.13. The monoisotopic (exact) mass is 365 g/mol. The number of hydrogen-bond donors (Lipinski definition) is 2. The molecule has 0 saturated heterocycles. The zero-order chi connectivity index (χ0) is 19.2. The number of methoxy groups -OCH3 is 1. The highest BCUT2D eigenvalue weighted by Crippen LogP contribution is 2.27. The first-order valence-corrected chi connectivity index (χ1v) is 8.39. The number of fused-ring (bicyclic) bond motifs is 1. The standard InChI is InChI=1S/C20H19N3O4/c1-3-27-17-11-9-14(12-18(17)26-2)19(24)22-23-20(25)16-10-8-13-6-4-5-7-15(13)21-16/h4-12H,3H2,1-2H3,(H,22,24)(H,23,25). The van der Waals surface area contributed by atoms with E-state index in [-0.39, 0.29) is 5.69 Å². The number of nitrogens with one attached hydrogen (secondary N) is 2. The minimum atomic E-state index is -0.507. The van der Waals surface area contributed by atoms with Crippen molar-refractivity contribution in [2.24, 2.45) is 0 Å². The van der Waals surface area contributed by atoms with E-state index in [9.17, 15) is 9.59 Å². The van der Waals surface area contributed by atoms with Crippen LogP contribution in [0.2, 0.25) is 0 Å². The van der Waals surface area contributed by atoms with Crippen molar-refractivity contribution in [3.63, 3.8) is 0 Å². The molecule has 0 fully saturated rings. The summed E-state index contributed by atoms with van der Waals surface area (Å²) in [6, 6.07) is 15.6. The van der Waals surface area contributed by atoms with Gasteiger partial charge in [0.2, 0.25) is 0 Å². The number of benzene rings is 2. The Bertz CT molecular complexity index is 988. The molecular weight excluding hydrogens is 346 g/mol. The maximum absolute atomic E-state index is 12.3. The summed E-state index contributed by atoms with van der Waals surface area (Å²) in [5.74, 6) is -0.00883. The second-order valence-corrected chi connectivity index (χ2v) is 5.60. The van der Waals surface area contributed by atoms with Crippen LogP contribution in [0.5, 0.6) is 11.5 Å². The first-order valence-electron chi connectivity index (χ1n) is 8.39. The maximum Gasteiger partial charge on any atom is 0.288 e. The van der Waals surface area contributed by atoms with Gasteiger partial charge in [0.15, 0.2) is 11.5 Å². The lowest BCUT2D eigenvalue weighted by molar-refractivity contribution is 0.0844. The molecule has 2 N–H and O–H groups in total. The van der Waals surface area contributed by atoms with Crippen molar-refractivity contribution < 1.29 is 19.1 Å². The smallest absolute Gasteiger partial charge is 0.288 e. The topological polar surface area (TPSA) is 89.6 Å². The number of amides is 2. The van der Waals surface area contributed by atoms with E-state index in [2.05, 4.69) is 15.8 Å². The molecule has 0 aliphatic rings. The third-order valence-electron chi connectivity index (χ3n) is 3.85. The SMILES string of the molecule is CCOc1ccc(C(=O)NNC(=O)c2ccc3ccccc3n2)cc1OC. The van der Waals surface area contributed by atoms with E-state index < -0.39 is 11.8 Å². The number of hydrazine groups is 1. The quantitative estimate of drug-likeness (QED) is 0.679. The normalized spacial score (nSPS) is 10.3. The van der Waals surface area contributed by atoms with Crippen LogP contribution in [-0.4, -0.2) is 30.5 Å². The lowest BCUT2D eigenvalue weighted by atomic mass is 10.2. The average molecular weight is 365 g/mol. The molecule has 0 atom stereocenters. The molecule has 7 heteroatoms. The van der Waals surface area contributed by atoms with Crippen molar-refractivity contribution in [2.75, 3.05) is 13.7 Å². The molecule has 138 valence electrons. The van der Waals surface area contributed by atoms with Crippen LogP contribution in [0, 0.1) is 0 Å². The fourth-order valence-electron chi connectivity index (χ4n) is 2.53. The van der Waals surface area contributed by atoms with Gasteiger partial charge in [-0.15, -0.1) is 0 Å². The van der Waals surface area contributed by atoms with E-state index in [1.165, 1.54) is 7.11 Å². The van der Waals surface area contributed by atoms with E-state index in [1.54, 1.807) is 30.3 Å². The van der Waals surface area contributed by atoms with Gasteiger partial charge < -0.3 is 9.47 Å². The molecule has 2 amide bonds. The van der Waals surface area contributed by atoms with Gasteiger partial charge in [-0.3, -0.25) is 20.4 Å². The molecule has 2 aromatic carbocycles. The van der Waals surface area contributed by atoms with Crippen molar-refractivity contribution in [1.29, 1.82) is 0 Å². The van der Waals surface area contributed by atoms with Gasteiger partial charge in [0.25, 0.3) is 11.8 Å². The van der Waals surface area contributed by atoms with Gasteiger partial charge in [-0.05, 0) is 37.3 Å². The van der Waals surface area contributed by atoms with Gasteiger partial charge >= 0.3 is 0 Å². The Balaban J connectivity index is 1.68. The fraction of sp³-hybridized carbons (Fsp3) is 0.150. The van der Waals surface area contributed by atoms with Gasteiger partial charge in [0.05, 0.1) is 19.2 Å². The van der Waals surface area contributed by atoms with Crippen molar-refractivity contribution >= 4 is 22.7 Å². The Labute approximate surface area is 156 Å². The van der Waals surface area contributed by atoms with Crippen molar-refractivity contribution in [3.05, 3.63) is 65.9 Å². The van der Waals surface area contributed by atoms with Gasteiger partial charge in [-0.2, -0.15) is 0 Å². The van der Waals surface area contributed by atoms with Crippen LogP contribution in [-0.2, 0) is 0 Å². The molecule has 0 aliphatic heterocycles. The van der Waals surface area contributed by atoms with Crippen LogP contribution in [0.1, 0.15) is 27.8 Å². The highest BCUT2D eigenvalue weighted by atomic mass is 16.5. The summed E-state index contributed by atoms with van der Waals surface area (Å²) in [4.78, 5) is 28.8. The zero-order valence-electron chi connectivity index (χ0n) is 15.0. The van der Waals surface area contributed by atoms with Crippen LogP contribution in [0.4, 0.5) is 0 Å². The van der Waals surface area contributed by atoms with Crippen LogP contribution in [0.15, 0.2) is 54.6 Å². The van der Waals surface area contributed by atoms with Gasteiger partial charge in [0.1, 0.15) is 5.69 Å². The van der Waals surface area contributed by atoms with Crippen molar-refractivity contribution in [1.82, 2.24) is 15.8 Å². The maximum atomic E-state index is 12.3. The number of carbonyl (C=O) groups excluding carboxylic acids is 2. The van der Waals surface area contributed by atoms with E-state index in [0.29, 0.717) is 29.2 Å². The number of aromatic nitrogens is 1. The second kappa shape index (κ2) is 8.18. The van der Waals surface area contributed by atoms with Crippen molar-refractivity contribution in [2.45, 2.75) is 6.92 Å². The van der Waals surface area contributed by atoms with E-state index in [0.717, 1.165) is 5.39 Å². The summed E-state index contributed by atoms with van der Waals surface area (Å²) in [6.07, 6.45) is 0. The number of para-hydroxylation sites is 1. The molecule has 0 saturated carbocycles. The molecule has 3 rings (SSSR count). The van der Waals surface area contributed by atoms with Crippen LogP contribution in [0.3, 0.4) is 0 Å². The number of carbonyl (C=O) groups is 2. The van der Waals surface area contributed by atoms with E-state index in [4.69, 9.17) is 9.47 Å². The lowest BCUT2D eigenvalue weighted by Crippen LogP contribution is -2.41. The van der Waals surface area contributed by atoms with Crippen LogP contribution >= 0.6 is 0 Å². The average Bonchev–Trinajstić information content (AvgIpc) is 2.71. The summed E-state index contributed by atoms with van der Waals surface area (Å²) in [7, 11) is 1.49. The predicted octanol–water partition coefficient (Wildman–Crippen LogP) is 2.72. The molecular formula is C20H19N3O4. The second-order valence-electron chi connectivity index (χ2n) is 5.60. The van der Waals surface area contributed by atoms with Gasteiger partial charge in [0, 0.05) is 10.9 Å². The van der Waals surface area contributed by atoms with Gasteiger partial charge in [-0.1, -0.05) is 24.3 Å². The largest absolute Gasteiger partial charge is 0.493 e. The van der Waals surface area contributed by atoms with Crippen LogP contribution in [0.25, 0.3) is 10.9 Å². The highest BCUT2D eigenvalue weighted by molar-refractivity contribution is 5.99. The number of ether oxygens (including phenoxy) is 2. The van der Waals surface area contributed by atoms with Crippen molar-refractivity contribution in [3.8, 4) is 11.5 Å². The third kappa shape index (κ3) is 4.14. The molecule has 0 bridgehead atoms. The van der Waals surface area contributed by atoms with E-state index in [1.807, 2.05) is 31.2 Å². The number of hydrogen-bond acceptors (Lipinski definition) is 5. The molecule has 27 heavy (non-hydrogen) atoms. The Hall–Kier alpha value is -3.61. The Morgan fingerprint density at radius 1 is 0.963 bits per heavy atom. The number of nitrogens with zero attached hydrogens (tertiary/aromatic N) is 1. The van der Waals surface area contributed by atoms with Gasteiger partial charge in [-0.25, -0.2) is 4.98 Å². The Kier molecular flexibility index (Phi) is 5.51. The molecule has 1 aromatic heterocycles. The van der Waals surface area contributed by atoms with E-state index >= 15 is 0 Å².